The molecule has 0 amide bonds. The van der Waals surface area contributed by atoms with Crippen molar-refractivity contribution in [3.8, 4) is 0 Å². The van der Waals surface area contributed by atoms with Crippen molar-refractivity contribution in [2.45, 2.75) is 31.7 Å². The van der Waals surface area contributed by atoms with Crippen LogP contribution in [0.25, 0.3) is 0 Å². The maximum atomic E-state index is 11.7. The summed E-state index contributed by atoms with van der Waals surface area (Å²) in [5, 5.41) is 11.0. The summed E-state index contributed by atoms with van der Waals surface area (Å²) in [6.45, 7) is 1.20. The van der Waals surface area contributed by atoms with Crippen LogP contribution in [0.2, 0.25) is 0 Å². The fraction of sp³-hybridized carbons (Fsp3) is 1.00. The number of fused-ring (bicyclic) bond motifs is 5. The Balaban J connectivity index is 1.79. The zero-order valence-electron chi connectivity index (χ0n) is 11.1. The molecule has 1 saturated heterocycles. The molecule has 2 aliphatic carbocycles. The van der Waals surface area contributed by atoms with E-state index in [4.69, 9.17) is 0 Å². The van der Waals surface area contributed by atoms with Gasteiger partial charge in [0.25, 0.3) is 0 Å². The van der Waals surface area contributed by atoms with Crippen molar-refractivity contribution in [3.05, 3.63) is 10.1 Å². The van der Waals surface area contributed by atoms with Gasteiger partial charge in [0.15, 0.2) is 0 Å². The van der Waals surface area contributed by atoms with Crippen LogP contribution in [0, 0.1) is 33.8 Å². The SMILES string of the molecule is CS(=O)(=O)N1CC2CC(C1)C1CC([N+](=O)[O-])CCC21. The topological polar surface area (TPSA) is 80.5 Å². The predicted molar refractivity (Wildman–Crippen MR) is 69.6 cm³/mol. The minimum Gasteiger partial charge on any atom is -0.264 e. The second-order valence-electron chi connectivity index (χ2n) is 6.42. The van der Waals surface area contributed by atoms with Gasteiger partial charge in [-0.2, -0.15) is 0 Å². The molecule has 5 atom stereocenters. The van der Waals surface area contributed by atoms with Crippen LogP contribution >= 0.6 is 0 Å². The number of hydrogen-bond donors (Lipinski definition) is 0. The molecule has 0 aromatic heterocycles. The Labute approximate surface area is 113 Å². The van der Waals surface area contributed by atoms with E-state index in [9.17, 15) is 18.5 Å². The average Bonchev–Trinajstić information content (AvgIpc) is 2.59. The Hall–Kier alpha value is -0.690. The fourth-order valence-electron chi connectivity index (χ4n) is 4.55. The monoisotopic (exact) mass is 288 g/mol. The van der Waals surface area contributed by atoms with Crippen molar-refractivity contribution in [2.24, 2.45) is 23.7 Å². The summed E-state index contributed by atoms with van der Waals surface area (Å²) >= 11 is 0. The molecule has 108 valence electrons. The van der Waals surface area contributed by atoms with Crippen molar-refractivity contribution in [2.75, 3.05) is 19.3 Å². The van der Waals surface area contributed by atoms with Gasteiger partial charge in [0.1, 0.15) is 0 Å². The molecule has 5 unspecified atom stereocenters. The maximum Gasteiger partial charge on any atom is 0.213 e. The van der Waals surface area contributed by atoms with E-state index in [1.54, 1.807) is 4.31 Å². The largest absolute Gasteiger partial charge is 0.264 e. The number of piperidine rings is 1. The van der Waals surface area contributed by atoms with Gasteiger partial charge in [0.2, 0.25) is 16.1 Å². The molecule has 0 aromatic rings. The molecule has 0 aromatic carbocycles. The van der Waals surface area contributed by atoms with E-state index in [2.05, 4.69) is 0 Å². The summed E-state index contributed by atoms with van der Waals surface area (Å²) in [4.78, 5) is 10.8. The molecule has 0 N–H and O–H groups in total. The van der Waals surface area contributed by atoms with Crippen molar-refractivity contribution in [1.29, 1.82) is 0 Å². The molecule has 0 radical (unpaired) electrons. The predicted octanol–water partition coefficient (Wildman–Crippen LogP) is 0.959. The third kappa shape index (κ3) is 2.27. The van der Waals surface area contributed by atoms with Gasteiger partial charge in [-0.15, -0.1) is 0 Å². The van der Waals surface area contributed by atoms with Gasteiger partial charge in [-0.3, -0.25) is 10.1 Å². The molecule has 0 spiro atoms. The lowest BCUT2D eigenvalue weighted by Crippen LogP contribution is -2.41. The van der Waals surface area contributed by atoms with E-state index < -0.39 is 16.1 Å². The van der Waals surface area contributed by atoms with Gasteiger partial charge in [-0.05, 0) is 36.5 Å². The molecule has 1 heterocycles. The number of sulfonamides is 1. The van der Waals surface area contributed by atoms with E-state index in [0.29, 0.717) is 49.6 Å². The summed E-state index contributed by atoms with van der Waals surface area (Å²) in [5.74, 6) is 1.63. The van der Waals surface area contributed by atoms with Gasteiger partial charge < -0.3 is 0 Å². The van der Waals surface area contributed by atoms with Crippen LogP contribution in [0.4, 0.5) is 0 Å². The fourth-order valence-corrected chi connectivity index (χ4v) is 5.48. The highest BCUT2D eigenvalue weighted by molar-refractivity contribution is 7.88. The Bertz CT molecular complexity index is 492. The zero-order chi connectivity index (χ0) is 13.8. The highest BCUT2D eigenvalue weighted by Crippen LogP contribution is 2.52. The third-order valence-corrected chi connectivity index (χ3v) is 6.62. The minimum absolute atomic E-state index is 0.146. The zero-order valence-corrected chi connectivity index (χ0v) is 11.9. The molecule has 7 heteroatoms. The van der Waals surface area contributed by atoms with E-state index in [1.807, 2.05) is 0 Å². The van der Waals surface area contributed by atoms with E-state index in [0.717, 1.165) is 12.8 Å². The first kappa shape index (κ1) is 13.3. The van der Waals surface area contributed by atoms with Crippen molar-refractivity contribution in [1.82, 2.24) is 4.31 Å². The average molecular weight is 288 g/mol. The maximum absolute atomic E-state index is 11.7. The Morgan fingerprint density at radius 2 is 1.74 bits per heavy atom. The van der Waals surface area contributed by atoms with E-state index in [-0.39, 0.29) is 4.92 Å². The summed E-state index contributed by atoms with van der Waals surface area (Å²) < 4.78 is 25.0. The molecule has 3 aliphatic rings. The van der Waals surface area contributed by atoms with Crippen LogP contribution in [-0.4, -0.2) is 43.0 Å². The number of rotatable bonds is 2. The molecule has 3 fully saturated rings. The minimum atomic E-state index is -3.12. The summed E-state index contributed by atoms with van der Waals surface area (Å²) in [7, 11) is -3.12. The molecule has 19 heavy (non-hydrogen) atoms. The van der Waals surface area contributed by atoms with Gasteiger partial charge in [0, 0.05) is 30.9 Å². The van der Waals surface area contributed by atoms with E-state index in [1.165, 1.54) is 6.26 Å². The summed E-state index contributed by atoms with van der Waals surface area (Å²) in [6.07, 6.45) is 4.54. The lowest BCUT2D eigenvalue weighted by Gasteiger charge is -2.30. The molecular weight excluding hydrogens is 268 g/mol. The van der Waals surface area contributed by atoms with Crippen LogP contribution in [0.15, 0.2) is 0 Å². The van der Waals surface area contributed by atoms with Crippen LogP contribution in [0.3, 0.4) is 0 Å². The van der Waals surface area contributed by atoms with E-state index >= 15 is 0 Å². The lowest BCUT2D eigenvalue weighted by molar-refractivity contribution is -0.529. The van der Waals surface area contributed by atoms with Crippen molar-refractivity contribution < 1.29 is 13.3 Å². The first-order valence-corrected chi connectivity index (χ1v) is 8.79. The Morgan fingerprint density at radius 1 is 1.11 bits per heavy atom. The van der Waals surface area contributed by atoms with Crippen LogP contribution in [-0.2, 0) is 10.0 Å². The van der Waals surface area contributed by atoms with Crippen LogP contribution in [0.1, 0.15) is 25.7 Å². The van der Waals surface area contributed by atoms with Gasteiger partial charge in [-0.1, -0.05) is 0 Å². The highest BCUT2D eigenvalue weighted by atomic mass is 32.2. The van der Waals surface area contributed by atoms with Gasteiger partial charge in [0.05, 0.1) is 6.26 Å². The summed E-state index contributed by atoms with van der Waals surface area (Å²) in [5.41, 5.74) is 0. The molecule has 3 rings (SSSR count). The first-order chi connectivity index (χ1) is 8.86. The van der Waals surface area contributed by atoms with Crippen molar-refractivity contribution in [3.63, 3.8) is 0 Å². The van der Waals surface area contributed by atoms with Gasteiger partial charge >= 0.3 is 0 Å². The first-order valence-electron chi connectivity index (χ1n) is 6.95. The standard InChI is InChI=1S/C12H20N2O4S/c1-19(17,18)13-6-8-4-9(7-13)12-5-10(14(15)16)2-3-11(8)12/h8-12H,2-7H2,1H3. The Kier molecular flexibility index (Phi) is 3.09. The molecule has 6 nitrogen and oxygen atoms in total. The second-order valence-corrected chi connectivity index (χ2v) is 8.40. The normalized spacial score (nSPS) is 42.9. The molecule has 1 aliphatic heterocycles. The molecule has 2 saturated carbocycles. The number of hydrogen-bond acceptors (Lipinski definition) is 4. The second kappa shape index (κ2) is 4.41. The number of nitrogens with zero attached hydrogens (tertiary/aromatic N) is 2. The Morgan fingerprint density at radius 3 is 2.32 bits per heavy atom. The van der Waals surface area contributed by atoms with Crippen LogP contribution in [0.5, 0.6) is 0 Å². The smallest absolute Gasteiger partial charge is 0.213 e. The quantitative estimate of drug-likeness (QED) is 0.560. The van der Waals surface area contributed by atoms with Gasteiger partial charge in [-0.25, -0.2) is 12.7 Å². The summed E-state index contributed by atoms with van der Waals surface area (Å²) in [6, 6.07) is -0.410. The van der Waals surface area contributed by atoms with Crippen LogP contribution < -0.4 is 0 Å². The highest BCUT2D eigenvalue weighted by Gasteiger charge is 2.52. The third-order valence-electron chi connectivity index (χ3n) is 5.39. The number of nitro groups is 1. The lowest BCUT2D eigenvalue weighted by atomic mass is 9.74. The molecular formula is C12H20N2O4S. The molecule has 2 bridgehead atoms. The van der Waals surface area contributed by atoms with Crippen molar-refractivity contribution >= 4 is 10.0 Å².